The van der Waals surface area contributed by atoms with Crippen LogP contribution < -0.4 is 10.4 Å². The van der Waals surface area contributed by atoms with Crippen molar-refractivity contribution in [1.29, 1.82) is 0 Å². The lowest BCUT2D eigenvalue weighted by Gasteiger charge is -2.45. The molecule has 53 heavy (non-hydrogen) atoms. The monoisotopic (exact) mass is 749 g/mol. The predicted octanol–water partition coefficient (Wildman–Crippen LogP) is 9.91. The Morgan fingerprint density at radius 2 is 1.47 bits per heavy atom. The van der Waals surface area contributed by atoms with E-state index in [9.17, 15) is 18.9 Å². The number of aromatic nitrogens is 1. The van der Waals surface area contributed by atoms with Gasteiger partial charge in [-0.05, 0) is 63.1 Å². The smallest absolute Gasteiger partial charge is 0.305 e. The molecule has 0 radical (unpaired) electrons. The molecular formula is C44H49FNO5PSi. The summed E-state index contributed by atoms with van der Waals surface area (Å²) >= 11 is 0. The molecule has 1 N–H and O–H groups in total. The summed E-state index contributed by atoms with van der Waals surface area (Å²) in [4.78, 5) is 17.2. The van der Waals surface area contributed by atoms with E-state index in [1.165, 1.54) is 12.1 Å². The molecule has 0 aliphatic heterocycles. The third-order valence-corrected chi connectivity index (χ3v) is 15.7. The molecule has 0 amide bonds. The van der Waals surface area contributed by atoms with Gasteiger partial charge in [-0.25, -0.2) is 4.39 Å². The van der Waals surface area contributed by atoms with Gasteiger partial charge in [0.05, 0.1) is 30.5 Å². The lowest BCUT2D eigenvalue weighted by atomic mass is 9.90. The molecule has 0 saturated carbocycles. The van der Waals surface area contributed by atoms with E-state index in [-0.39, 0.29) is 36.0 Å². The number of hydrogen-bond acceptors (Lipinski definition) is 5. The highest BCUT2D eigenvalue weighted by Gasteiger charge is 2.51. The number of pyridine rings is 1. The summed E-state index contributed by atoms with van der Waals surface area (Å²) in [7, 11) is -5.84. The van der Waals surface area contributed by atoms with Gasteiger partial charge in [0.2, 0.25) is 0 Å². The molecular weight excluding hydrogens is 701 g/mol. The largest absolute Gasteiger partial charge is 0.481 e. The molecule has 4 aromatic carbocycles. The van der Waals surface area contributed by atoms with Crippen LogP contribution in [0, 0.1) is 12.7 Å². The van der Waals surface area contributed by atoms with E-state index in [0.29, 0.717) is 0 Å². The Labute approximate surface area is 314 Å². The standard InChI is InChI=1S/C44H49FNO5PSi/c1-31(2)43-39(40(38-25-24-34(45)27-32(38)3)29-41(46-43)33-17-10-7-11-18-33)23-16-26-50-52(49)30-35(28-42(47)48)51-53(44(4,5)6,36-19-12-8-13-20-36)37-21-14-9-15-22-37/h7-25,27,29,31,35,52H,26,28,30H2,1-6H3,(H,47,48). The molecule has 0 fully saturated rings. The molecule has 1 aromatic heterocycles. The number of carboxylic acids is 1. The number of benzene rings is 4. The quantitative estimate of drug-likeness (QED) is 0.0848. The number of carboxylic acid groups (broad SMARTS) is 1. The molecule has 276 valence electrons. The van der Waals surface area contributed by atoms with Crippen molar-refractivity contribution < 1.29 is 27.8 Å². The first-order valence-electron chi connectivity index (χ1n) is 18.0. The van der Waals surface area contributed by atoms with Gasteiger partial charge in [-0.1, -0.05) is 144 Å². The number of rotatable bonds is 15. The van der Waals surface area contributed by atoms with Crippen molar-refractivity contribution >= 4 is 38.8 Å². The fourth-order valence-corrected chi connectivity index (χ4v) is 12.8. The summed E-state index contributed by atoms with van der Waals surface area (Å²) in [5.74, 6) is -1.27. The van der Waals surface area contributed by atoms with Crippen molar-refractivity contribution in [3.63, 3.8) is 0 Å². The topological polar surface area (TPSA) is 85.7 Å². The Balaban J connectivity index is 1.43. The van der Waals surface area contributed by atoms with Crippen LogP contribution in [0.4, 0.5) is 4.39 Å². The normalized spacial score (nSPS) is 13.4. The zero-order valence-corrected chi connectivity index (χ0v) is 33.3. The molecule has 0 aliphatic carbocycles. The zero-order chi connectivity index (χ0) is 38.2. The molecule has 0 spiro atoms. The highest BCUT2D eigenvalue weighted by molar-refractivity contribution is 7.39. The number of hydrogen-bond donors (Lipinski definition) is 1. The maximum atomic E-state index is 14.2. The first kappa shape index (κ1) is 39.7. The van der Waals surface area contributed by atoms with E-state index in [4.69, 9.17) is 13.9 Å². The van der Waals surface area contributed by atoms with Crippen molar-refractivity contribution in [2.45, 2.75) is 65.0 Å². The minimum Gasteiger partial charge on any atom is -0.481 e. The number of carbonyl (C=O) groups is 1. The van der Waals surface area contributed by atoms with Crippen LogP contribution in [0.15, 0.2) is 121 Å². The molecule has 0 bridgehead atoms. The van der Waals surface area contributed by atoms with Crippen molar-refractivity contribution in [2.24, 2.45) is 0 Å². The number of aryl methyl sites for hydroxylation is 1. The van der Waals surface area contributed by atoms with Gasteiger partial charge in [0.1, 0.15) is 5.82 Å². The van der Waals surface area contributed by atoms with Crippen LogP contribution in [0.3, 0.4) is 0 Å². The SMILES string of the molecule is Cc1cc(F)ccc1-c1cc(-c2ccccc2)nc(C(C)C)c1C=CCO[PH](=O)CC(CC(=O)O)O[Si](c1ccccc1)(c1ccccc1)C(C)(C)C. The lowest BCUT2D eigenvalue weighted by Crippen LogP contribution is -2.68. The van der Waals surface area contributed by atoms with Crippen molar-refractivity contribution in [3.8, 4) is 22.4 Å². The highest BCUT2D eigenvalue weighted by Crippen LogP contribution is 2.40. The van der Waals surface area contributed by atoms with Gasteiger partial charge < -0.3 is 14.1 Å². The van der Waals surface area contributed by atoms with Gasteiger partial charge >= 0.3 is 5.97 Å². The summed E-state index contributed by atoms with van der Waals surface area (Å²) in [5.41, 5.74) is 6.13. The second kappa shape index (κ2) is 17.6. The average molecular weight is 750 g/mol. The van der Waals surface area contributed by atoms with Gasteiger partial charge in [-0.3, -0.25) is 14.3 Å². The van der Waals surface area contributed by atoms with Crippen LogP contribution in [0.1, 0.15) is 63.8 Å². The molecule has 6 nitrogen and oxygen atoms in total. The van der Waals surface area contributed by atoms with Crippen molar-refractivity contribution in [1.82, 2.24) is 4.98 Å². The fraction of sp³-hybridized carbons (Fsp3) is 0.273. The molecule has 2 atom stereocenters. The van der Waals surface area contributed by atoms with E-state index >= 15 is 0 Å². The Morgan fingerprint density at radius 3 is 2.00 bits per heavy atom. The van der Waals surface area contributed by atoms with Crippen LogP contribution in [0.5, 0.6) is 0 Å². The van der Waals surface area contributed by atoms with E-state index in [0.717, 1.165) is 49.6 Å². The van der Waals surface area contributed by atoms with Crippen LogP contribution in [-0.4, -0.2) is 43.2 Å². The molecule has 5 aromatic rings. The van der Waals surface area contributed by atoms with Crippen LogP contribution in [-0.2, 0) is 18.3 Å². The van der Waals surface area contributed by atoms with Gasteiger partial charge in [-0.15, -0.1) is 0 Å². The second-order valence-electron chi connectivity index (χ2n) is 14.6. The predicted molar refractivity (Wildman–Crippen MR) is 217 cm³/mol. The van der Waals surface area contributed by atoms with E-state index in [1.807, 2.05) is 116 Å². The lowest BCUT2D eigenvalue weighted by molar-refractivity contribution is -0.138. The van der Waals surface area contributed by atoms with Crippen LogP contribution in [0.25, 0.3) is 28.5 Å². The molecule has 9 heteroatoms. The molecule has 2 unspecified atom stereocenters. The maximum absolute atomic E-state index is 14.2. The Hall–Kier alpha value is -4.46. The highest BCUT2D eigenvalue weighted by atomic mass is 31.1. The van der Waals surface area contributed by atoms with E-state index in [2.05, 4.69) is 34.6 Å². The average Bonchev–Trinajstić information content (AvgIpc) is 3.12. The first-order valence-corrected chi connectivity index (χ1v) is 21.4. The molecule has 0 aliphatic rings. The van der Waals surface area contributed by atoms with Gasteiger partial charge in [0.25, 0.3) is 8.32 Å². The van der Waals surface area contributed by atoms with Crippen molar-refractivity contribution in [2.75, 3.05) is 12.8 Å². The van der Waals surface area contributed by atoms with Gasteiger partial charge in [0.15, 0.2) is 8.03 Å². The maximum Gasteiger partial charge on any atom is 0.305 e. The van der Waals surface area contributed by atoms with Crippen LogP contribution >= 0.6 is 8.03 Å². The molecule has 1 heterocycles. The number of nitrogens with zero attached hydrogens (tertiary/aromatic N) is 1. The summed E-state index contributed by atoms with van der Waals surface area (Å²) in [5, 5.41) is 11.6. The summed E-state index contributed by atoms with van der Waals surface area (Å²) in [6.07, 6.45) is 2.55. The number of aliphatic carboxylic acids is 1. The van der Waals surface area contributed by atoms with Gasteiger partial charge in [0, 0.05) is 17.3 Å². The van der Waals surface area contributed by atoms with E-state index < -0.39 is 28.4 Å². The summed E-state index contributed by atoms with van der Waals surface area (Å²) in [6.45, 7) is 12.5. The third kappa shape index (κ3) is 9.56. The minimum absolute atomic E-state index is 0.0383. The summed E-state index contributed by atoms with van der Waals surface area (Å²) in [6, 6.07) is 36.7. The Kier molecular flexibility index (Phi) is 13.2. The zero-order valence-electron chi connectivity index (χ0n) is 31.3. The van der Waals surface area contributed by atoms with Crippen LogP contribution in [0.2, 0.25) is 5.04 Å². The summed E-state index contributed by atoms with van der Waals surface area (Å²) < 4.78 is 40.8. The first-order chi connectivity index (χ1) is 25.3. The Morgan fingerprint density at radius 1 is 0.887 bits per heavy atom. The minimum atomic E-state index is -3.11. The van der Waals surface area contributed by atoms with Crippen molar-refractivity contribution in [3.05, 3.63) is 144 Å². The third-order valence-electron chi connectivity index (χ3n) is 9.37. The fourth-order valence-electron chi connectivity index (χ4n) is 6.94. The molecule has 5 rings (SSSR count). The Bertz CT molecular complexity index is 2010. The van der Waals surface area contributed by atoms with Gasteiger partial charge in [-0.2, -0.15) is 0 Å². The second-order valence-corrected chi connectivity index (χ2v) is 20.3. The number of halogens is 1. The molecule has 0 saturated heterocycles. The van der Waals surface area contributed by atoms with E-state index in [1.54, 1.807) is 6.07 Å².